The van der Waals surface area contributed by atoms with Gasteiger partial charge >= 0.3 is 0 Å². The van der Waals surface area contributed by atoms with E-state index in [1.807, 2.05) is 7.05 Å². The maximum absolute atomic E-state index is 4.54. The minimum Gasteiger partial charge on any atom is -0.315 e. The van der Waals surface area contributed by atoms with Gasteiger partial charge in [0.2, 0.25) is 0 Å². The van der Waals surface area contributed by atoms with Gasteiger partial charge in [0.05, 0.1) is 6.54 Å². The number of hydrogen-bond donors (Lipinski definition) is 1. The third kappa shape index (κ3) is 1.66. The van der Waals surface area contributed by atoms with Gasteiger partial charge in [0.25, 0.3) is 0 Å². The number of nitrogens with one attached hydrogen (secondary N) is 1. The number of fused-ring (bicyclic) bond motifs is 1. The van der Waals surface area contributed by atoms with Crippen molar-refractivity contribution < 1.29 is 0 Å². The van der Waals surface area contributed by atoms with Crippen LogP contribution in [0.25, 0.3) is 0 Å². The van der Waals surface area contributed by atoms with E-state index < -0.39 is 0 Å². The summed E-state index contributed by atoms with van der Waals surface area (Å²) >= 11 is 0. The lowest BCUT2D eigenvalue weighted by Gasteiger charge is -2.21. The van der Waals surface area contributed by atoms with Crippen molar-refractivity contribution in [2.75, 3.05) is 7.05 Å². The zero-order valence-corrected chi connectivity index (χ0v) is 9.12. The van der Waals surface area contributed by atoms with Gasteiger partial charge in [0, 0.05) is 18.4 Å². The number of likely N-dealkylation sites (N-methyl/N-ethyl adjacent to an activating group) is 1. The van der Waals surface area contributed by atoms with E-state index in [1.54, 1.807) is 0 Å². The minimum absolute atomic E-state index is 0.432. The molecule has 1 unspecified atom stereocenters. The molecule has 0 saturated heterocycles. The molecule has 0 radical (unpaired) electrons. The summed E-state index contributed by atoms with van der Waals surface area (Å²) < 4.78 is 2.06. The molecular weight excluding hydrogens is 176 g/mol. The second-order valence-corrected chi connectivity index (χ2v) is 4.25. The average Bonchev–Trinajstić information content (AvgIpc) is 2.59. The smallest absolute Gasteiger partial charge is 0.153 e. The molecular formula is C10H18N4. The molecule has 1 aromatic rings. The molecule has 2 heterocycles. The van der Waals surface area contributed by atoms with Gasteiger partial charge in [-0.15, -0.1) is 0 Å². The summed E-state index contributed by atoms with van der Waals surface area (Å²) in [5.74, 6) is 2.57. The van der Waals surface area contributed by atoms with E-state index in [9.17, 15) is 0 Å². The molecule has 1 atom stereocenters. The van der Waals surface area contributed by atoms with Crippen LogP contribution in [0.3, 0.4) is 0 Å². The predicted octanol–water partition coefficient (Wildman–Crippen LogP) is 0.936. The third-order valence-corrected chi connectivity index (χ3v) is 2.80. The number of aryl methyl sites for hydroxylation is 1. The van der Waals surface area contributed by atoms with Crippen LogP contribution in [0, 0.1) is 0 Å². The van der Waals surface area contributed by atoms with Crippen LogP contribution in [0.5, 0.6) is 0 Å². The first-order valence-electron chi connectivity index (χ1n) is 5.31. The fourth-order valence-corrected chi connectivity index (χ4v) is 1.81. The van der Waals surface area contributed by atoms with Crippen LogP contribution >= 0.6 is 0 Å². The highest BCUT2D eigenvalue weighted by Gasteiger charge is 2.20. The van der Waals surface area contributed by atoms with Crippen molar-refractivity contribution in [2.24, 2.45) is 0 Å². The fraction of sp³-hybridized carbons (Fsp3) is 0.800. The molecule has 1 aromatic heterocycles. The number of hydrogen-bond acceptors (Lipinski definition) is 3. The van der Waals surface area contributed by atoms with Crippen molar-refractivity contribution in [1.82, 2.24) is 20.1 Å². The Morgan fingerprint density at radius 1 is 1.50 bits per heavy atom. The quantitative estimate of drug-likeness (QED) is 0.761. The van der Waals surface area contributed by atoms with Gasteiger partial charge in [-0.1, -0.05) is 13.8 Å². The Hall–Kier alpha value is -0.900. The van der Waals surface area contributed by atoms with E-state index >= 15 is 0 Å². The topological polar surface area (TPSA) is 42.7 Å². The number of aromatic nitrogens is 3. The SMILES string of the molecule is CNC1CCc2nc(C(C)C)nn2C1. The lowest BCUT2D eigenvalue weighted by Crippen LogP contribution is -2.35. The molecule has 0 bridgehead atoms. The molecule has 1 aliphatic heterocycles. The highest BCUT2D eigenvalue weighted by Crippen LogP contribution is 2.16. The molecule has 2 rings (SSSR count). The van der Waals surface area contributed by atoms with E-state index in [0.29, 0.717) is 12.0 Å². The fourth-order valence-electron chi connectivity index (χ4n) is 1.81. The van der Waals surface area contributed by atoms with Crippen LogP contribution in [0.1, 0.15) is 37.8 Å². The molecule has 14 heavy (non-hydrogen) atoms. The molecule has 0 aliphatic carbocycles. The maximum Gasteiger partial charge on any atom is 0.153 e. The lowest BCUT2D eigenvalue weighted by atomic mass is 10.1. The van der Waals surface area contributed by atoms with Crippen molar-refractivity contribution in [2.45, 2.75) is 45.2 Å². The molecule has 78 valence electrons. The molecule has 0 fully saturated rings. The van der Waals surface area contributed by atoms with E-state index in [4.69, 9.17) is 0 Å². The Balaban J connectivity index is 2.21. The Labute approximate surface area is 84.7 Å². The summed E-state index contributed by atoms with van der Waals surface area (Å²) in [5, 5.41) is 7.81. The summed E-state index contributed by atoms with van der Waals surface area (Å²) in [6, 6.07) is 0.559. The van der Waals surface area contributed by atoms with E-state index in [-0.39, 0.29) is 0 Å². The molecule has 0 aromatic carbocycles. The van der Waals surface area contributed by atoms with Crippen LogP contribution in [0.4, 0.5) is 0 Å². The van der Waals surface area contributed by atoms with Crippen molar-refractivity contribution in [3.8, 4) is 0 Å². The Morgan fingerprint density at radius 3 is 2.93 bits per heavy atom. The zero-order chi connectivity index (χ0) is 10.1. The van der Waals surface area contributed by atoms with Gasteiger partial charge in [0.15, 0.2) is 5.82 Å². The number of rotatable bonds is 2. The number of nitrogens with zero attached hydrogens (tertiary/aromatic N) is 3. The first kappa shape index (κ1) is 9.65. The van der Waals surface area contributed by atoms with Crippen LogP contribution in [0.15, 0.2) is 0 Å². The van der Waals surface area contributed by atoms with Crippen LogP contribution in [-0.4, -0.2) is 27.9 Å². The first-order valence-corrected chi connectivity index (χ1v) is 5.31. The maximum atomic E-state index is 4.54. The summed E-state index contributed by atoms with van der Waals surface area (Å²) in [5.41, 5.74) is 0. The van der Waals surface area contributed by atoms with Crippen molar-refractivity contribution in [3.05, 3.63) is 11.6 Å². The predicted molar refractivity (Wildman–Crippen MR) is 55.3 cm³/mol. The van der Waals surface area contributed by atoms with Crippen molar-refractivity contribution >= 4 is 0 Å². The molecule has 0 saturated carbocycles. The van der Waals surface area contributed by atoms with Gasteiger partial charge < -0.3 is 5.32 Å². The summed E-state index contributed by atoms with van der Waals surface area (Å²) in [4.78, 5) is 4.54. The highest BCUT2D eigenvalue weighted by atomic mass is 15.4. The van der Waals surface area contributed by atoms with Crippen LogP contribution in [0.2, 0.25) is 0 Å². The van der Waals surface area contributed by atoms with Crippen molar-refractivity contribution in [3.63, 3.8) is 0 Å². The van der Waals surface area contributed by atoms with Gasteiger partial charge in [-0.05, 0) is 13.5 Å². The van der Waals surface area contributed by atoms with Gasteiger partial charge in [0.1, 0.15) is 5.82 Å². The summed E-state index contributed by atoms with van der Waals surface area (Å²) in [6.07, 6.45) is 2.22. The summed E-state index contributed by atoms with van der Waals surface area (Å²) in [7, 11) is 2.01. The largest absolute Gasteiger partial charge is 0.315 e. The average molecular weight is 194 g/mol. The molecule has 1 N–H and O–H groups in total. The molecule has 4 nitrogen and oxygen atoms in total. The molecule has 4 heteroatoms. The normalized spacial score (nSPS) is 21.3. The Bertz CT molecular complexity index is 316. The Morgan fingerprint density at radius 2 is 2.29 bits per heavy atom. The van der Waals surface area contributed by atoms with Gasteiger partial charge in [-0.25, -0.2) is 9.67 Å². The Kier molecular flexibility index (Phi) is 2.54. The highest BCUT2D eigenvalue weighted by molar-refractivity contribution is 5.00. The molecule has 1 aliphatic rings. The second-order valence-electron chi connectivity index (χ2n) is 4.25. The first-order chi connectivity index (χ1) is 6.70. The van der Waals surface area contributed by atoms with Gasteiger partial charge in [-0.3, -0.25) is 0 Å². The van der Waals surface area contributed by atoms with Crippen LogP contribution < -0.4 is 5.32 Å². The van der Waals surface area contributed by atoms with Crippen molar-refractivity contribution in [1.29, 1.82) is 0 Å². The molecule has 0 spiro atoms. The van der Waals surface area contributed by atoms with Crippen LogP contribution in [-0.2, 0) is 13.0 Å². The van der Waals surface area contributed by atoms with E-state index in [2.05, 4.69) is 33.9 Å². The monoisotopic (exact) mass is 194 g/mol. The van der Waals surface area contributed by atoms with E-state index in [0.717, 1.165) is 24.6 Å². The van der Waals surface area contributed by atoms with Gasteiger partial charge in [-0.2, -0.15) is 5.10 Å². The van der Waals surface area contributed by atoms with E-state index in [1.165, 1.54) is 6.42 Å². The third-order valence-electron chi connectivity index (χ3n) is 2.80. The molecule has 0 amide bonds. The minimum atomic E-state index is 0.432. The zero-order valence-electron chi connectivity index (χ0n) is 9.12. The standard InChI is InChI=1S/C10H18N4/c1-7(2)10-12-9-5-4-8(11-3)6-14(9)13-10/h7-8,11H,4-6H2,1-3H3. The lowest BCUT2D eigenvalue weighted by molar-refractivity contribution is 0.377. The summed E-state index contributed by atoms with van der Waals surface area (Å²) in [6.45, 7) is 5.24. The second kappa shape index (κ2) is 3.69.